The lowest BCUT2D eigenvalue weighted by atomic mass is 9.83. The lowest BCUT2D eigenvalue weighted by Crippen LogP contribution is -2.39. The second kappa shape index (κ2) is 13.4. The van der Waals surface area contributed by atoms with E-state index >= 15 is 0 Å². The van der Waals surface area contributed by atoms with Crippen LogP contribution in [0.1, 0.15) is 97.8 Å². The topological polar surface area (TPSA) is 57.5 Å². The van der Waals surface area contributed by atoms with Crippen LogP contribution in [0.2, 0.25) is 0 Å². The molecule has 0 rings (SSSR count). The van der Waals surface area contributed by atoms with Crippen LogP contribution < -0.4 is 5.73 Å². The van der Waals surface area contributed by atoms with E-state index in [-0.39, 0.29) is 11.0 Å². The highest BCUT2D eigenvalue weighted by Crippen LogP contribution is 2.25. The molecule has 0 aromatic carbocycles. The van der Waals surface area contributed by atoms with Crippen molar-refractivity contribution >= 4 is 0 Å². The summed E-state index contributed by atoms with van der Waals surface area (Å²) < 4.78 is 0. The van der Waals surface area contributed by atoms with Crippen molar-refractivity contribution in [1.29, 1.82) is 0 Å². The molecule has 0 aromatic rings. The molecule has 0 amide bonds. The molecule has 0 aliphatic heterocycles. The first-order valence-electron chi connectivity index (χ1n) is 7.97. The molecule has 18 heavy (non-hydrogen) atoms. The molecule has 0 aliphatic rings. The summed E-state index contributed by atoms with van der Waals surface area (Å²) >= 11 is 0. The van der Waals surface area contributed by atoms with Crippen molar-refractivity contribution in [3.05, 3.63) is 0 Å². The van der Waals surface area contributed by atoms with Crippen LogP contribution in [0, 0.1) is 0 Å². The van der Waals surface area contributed by atoms with E-state index in [0.717, 1.165) is 0 Å². The number of hydrogen-bond acceptors (Lipinski definition) is 1. The monoisotopic (exact) mass is 259 g/mol. The number of unbranched alkanes of at least 4 members (excludes halogenated alkanes) is 6. The lowest BCUT2D eigenvalue weighted by Gasteiger charge is -2.30. The molecular weight excluding hydrogens is 222 g/mol. The van der Waals surface area contributed by atoms with E-state index in [1.165, 1.54) is 77.0 Å². The molecule has 0 heterocycles. The van der Waals surface area contributed by atoms with E-state index < -0.39 is 0 Å². The van der Waals surface area contributed by atoms with Gasteiger partial charge in [0.25, 0.3) is 0 Å². The van der Waals surface area contributed by atoms with E-state index in [4.69, 9.17) is 5.73 Å². The highest BCUT2D eigenvalue weighted by Gasteiger charge is 2.22. The van der Waals surface area contributed by atoms with Crippen LogP contribution in [-0.4, -0.2) is 11.0 Å². The van der Waals surface area contributed by atoms with Gasteiger partial charge in [0.2, 0.25) is 0 Å². The Morgan fingerprint density at radius 2 is 0.889 bits per heavy atom. The maximum absolute atomic E-state index is 6.62. The van der Waals surface area contributed by atoms with Crippen molar-refractivity contribution in [2.75, 3.05) is 0 Å². The quantitative estimate of drug-likeness (QED) is 0.512. The summed E-state index contributed by atoms with van der Waals surface area (Å²) in [5.74, 6) is 0. The summed E-state index contributed by atoms with van der Waals surface area (Å²) in [6, 6.07) is 0. The second-order valence-electron chi connectivity index (χ2n) is 5.73. The minimum Gasteiger partial charge on any atom is -0.412 e. The third-order valence-electron chi connectivity index (χ3n) is 3.83. The summed E-state index contributed by atoms with van der Waals surface area (Å²) in [7, 11) is 0. The summed E-state index contributed by atoms with van der Waals surface area (Å²) in [6.45, 7) is 6.81. The largest absolute Gasteiger partial charge is 0.412 e. The van der Waals surface area contributed by atoms with Gasteiger partial charge in [-0.25, -0.2) is 0 Å². The molecule has 112 valence electrons. The fourth-order valence-corrected chi connectivity index (χ4v) is 2.56. The normalized spacial score (nSPS) is 11.3. The van der Waals surface area contributed by atoms with E-state index in [2.05, 4.69) is 20.8 Å². The Hall–Kier alpha value is -0.0800. The zero-order valence-corrected chi connectivity index (χ0v) is 13.1. The van der Waals surface area contributed by atoms with Crippen molar-refractivity contribution in [3.63, 3.8) is 0 Å². The highest BCUT2D eigenvalue weighted by atomic mass is 16.0. The van der Waals surface area contributed by atoms with Gasteiger partial charge in [0.05, 0.1) is 0 Å². The van der Waals surface area contributed by atoms with Gasteiger partial charge in [-0.3, -0.25) is 0 Å². The van der Waals surface area contributed by atoms with Crippen molar-refractivity contribution in [2.24, 2.45) is 5.73 Å². The van der Waals surface area contributed by atoms with Gasteiger partial charge in [-0.05, 0) is 19.3 Å². The molecule has 0 spiro atoms. The first-order valence-corrected chi connectivity index (χ1v) is 7.97. The molecule has 2 nitrogen and oxygen atoms in total. The smallest absolute Gasteiger partial charge is 0.0154 e. The van der Waals surface area contributed by atoms with Gasteiger partial charge in [-0.1, -0.05) is 78.6 Å². The lowest BCUT2D eigenvalue weighted by molar-refractivity contribution is 0.306. The van der Waals surface area contributed by atoms with Gasteiger partial charge >= 0.3 is 0 Å². The third kappa shape index (κ3) is 11.0. The molecule has 0 atom stereocenters. The zero-order chi connectivity index (χ0) is 13.0. The Balaban J connectivity index is 0. The molecule has 0 aromatic heterocycles. The Bertz CT molecular complexity index is 133. The molecule has 0 radical (unpaired) electrons. The van der Waals surface area contributed by atoms with Gasteiger partial charge < -0.3 is 11.2 Å². The average Bonchev–Trinajstić information content (AvgIpc) is 2.30. The van der Waals surface area contributed by atoms with Gasteiger partial charge in [0, 0.05) is 5.54 Å². The summed E-state index contributed by atoms with van der Waals surface area (Å²) in [5.41, 5.74) is 6.77. The van der Waals surface area contributed by atoms with E-state index in [1.54, 1.807) is 0 Å². The third-order valence-corrected chi connectivity index (χ3v) is 3.83. The molecule has 0 unspecified atom stereocenters. The Labute approximate surface area is 115 Å². The zero-order valence-electron chi connectivity index (χ0n) is 13.1. The summed E-state index contributed by atoms with van der Waals surface area (Å²) in [6.07, 6.45) is 15.7. The average molecular weight is 259 g/mol. The SMILES string of the molecule is CCCCCC(N)(CCCCC)CCCCC.O. The molecule has 0 fully saturated rings. The van der Waals surface area contributed by atoms with Crippen LogP contribution in [0.15, 0.2) is 0 Å². The van der Waals surface area contributed by atoms with Crippen LogP contribution >= 0.6 is 0 Å². The van der Waals surface area contributed by atoms with Crippen LogP contribution in [0.25, 0.3) is 0 Å². The summed E-state index contributed by atoms with van der Waals surface area (Å²) in [4.78, 5) is 0. The Morgan fingerprint density at radius 1 is 0.611 bits per heavy atom. The summed E-state index contributed by atoms with van der Waals surface area (Å²) in [5, 5.41) is 0. The predicted octanol–water partition coefficient (Wildman–Crippen LogP) is 4.60. The highest BCUT2D eigenvalue weighted by molar-refractivity contribution is 4.83. The predicted molar refractivity (Wildman–Crippen MR) is 83.0 cm³/mol. The van der Waals surface area contributed by atoms with Gasteiger partial charge in [-0.2, -0.15) is 0 Å². The molecule has 0 saturated heterocycles. The molecular formula is C16H37NO. The number of hydrogen-bond donors (Lipinski definition) is 1. The maximum atomic E-state index is 6.62. The fraction of sp³-hybridized carbons (Fsp3) is 1.00. The minimum atomic E-state index is 0. The first-order chi connectivity index (χ1) is 8.18. The van der Waals surface area contributed by atoms with Crippen molar-refractivity contribution in [3.8, 4) is 0 Å². The van der Waals surface area contributed by atoms with E-state index in [0.29, 0.717) is 0 Å². The molecule has 0 saturated carbocycles. The van der Waals surface area contributed by atoms with Gasteiger partial charge in [-0.15, -0.1) is 0 Å². The van der Waals surface area contributed by atoms with Crippen molar-refractivity contribution < 1.29 is 5.48 Å². The Morgan fingerprint density at radius 3 is 1.11 bits per heavy atom. The first kappa shape index (κ1) is 20.2. The van der Waals surface area contributed by atoms with Crippen molar-refractivity contribution in [2.45, 2.75) is 103 Å². The standard InChI is InChI=1S/C16H35N.H2O/c1-4-7-10-13-16(17,14-11-8-5-2)15-12-9-6-3;/h4-15,17H2,1-3H3;1H2. The Kier molecular flexibility index (Phi) is 15.0. The molecule has 4 N–H and O–H groups in total. The van der Waals surface area contributed by atoms with E-state index in [1.807, 2.05) is 0 Å². The fourth-order valence-electron chi connectivity index (χ4n) is 2.56. The maximum Gasteiger partial charge on any atom is 0.0154 e. The molecule has 0 bridgehead atoms. The number of nitrogens with two attached hydrogens (primary N) is 1. The van der Waals surface area contributed by atoms with E-state index in [9.17, 15) is 0 Å². The number of rotatable bonds is 12. The molecule has 2 heteroatoms. The molecule has 0 aliphatic carbocycles. The minimum absolute atomic E-state index is 0. The van der Waals surface area contributed by atoms with Gasteiger partial charge in [0.1, 0.15) is 0 Å². The van der Waals surface area contributed by atoms with Crippen LogP contribution in [0.4, 0.5) is 0 Å². The van der Waals surface area contributed by atoms with Gasteiger partial charge in [0.15, 0.2) is 0 Å². The van der Waals surface area contributed by atoms with Crippen LogP contribution in [0.3, 0.4) is 0 Å². The van der Waals surface area contributed by atoms with Crippen LogP contribution in [0.5, 0.6) is 0 Å². The van der Waals surface area contributed by atoms with Crippen molar-refractivity contribution in [1.82, 2.24) is 0 Å². The van der Waals surface area contributed by atoms with Crippen LogP contribution in [-0.2, 0) is 0 Å². The second-order valence-corrected chi connectivity index (χ2v) is 5.73.